The van der Waals surface area contributed by atoms with Crippen LogP contribution in [0.5, 0.6) is 0 Å². The molecule has 1 saturated heterocycles. The Morgan fingerprint density at radius 3 is 2.70 bits per heavy atom. The monoisotopic (exact) mass is 278 g/mol. The highest BCUT2D eigenvalue weighted by molar-refractivity contribution is 5.77. The summed E-state index contributed by atoms with van der Waals surface area (Å²) in [7, 11) is 0. The van der Waals surface area contributed by atoms with Crippen LogP contribution >= 0.6 is 0 Å². The summed E-state index contributed by atoms with van der Waals surface area (Å²) in [5.74, 6) is 0.734. The van der Waals surface area contributed by atoms with E-state index in [0.29, 0.717) is 6.42 Å². The van der Waals surface area contributed by atoms with Gasteiger partial charge in [-0.1, -0.05) is 13.3 Å². The number of hydrogen-bond acceptors (Lipinski definition) is 3. The fourth-order valence-corrected chi connectivity index (χ4v) is 3.34. The Morgan fingerprint density at radius 2 is 2.15 bits per heavy atom. The first-order chi connectivity index (χ1) is 9.67. The van der Waals surface area contributed by atoms with E-state index in [2.05, 4.69) is 18.3 Å². The molecule has 1 N–H and O–H groups in total. The molecule has 0 aromatic rings. The molecule has 2 rings (SSSR count). The van der Waals surface area contributed by atoms with Crippen LogP contribution in [-0.4, -0.2) is 24.2 Å². The molecule has 0 aromatic heterocycles. The van der Waals surface area contributed by atoms with Crippen LogP contribution in [0.4, 0.5) is 0 Å². The summed E-state index contributed by atoms with van der Waals surface area (Å²) in [5.41, 5.74) is -0.612. The summed E-state index contributed by atoms with van der Waals surface area (Å²) < 4.78 is 5.53. The molecule has 1 atom stereocenters. The van der Waals surface area contributed by atoms with Crippen LogP contribution in [0.15, 0.2) is 0 Å². The van der Waals surface area contributed by atoms with Crippen molar-refractivity contribution in [1.82, 2.24) is 5.32 Å². The van der Waals surface area contributed by atoms with Crippen LogP contribution in [0.25, 0.3) is 0 Å². The summed E-state index contributed by atoms with van der Waals surface area (Å²) in [5, 5.41) is 12.4. The molecule has 1 aliphatic heterocycles. The number of nitriles is 1. The third-order valence-electron chi connectivity index (χ3n) is 4.85. The Hall–Kier alpha value is -1.08. The standard InChI is InChI=1S/C16H26N2O2/c1-2-13-7-9-16(12-17,10-8-13)18-15(19)6-5-14-4-3-11-20-14/h13-14H,2-11H2,1H3,(H,18,19). The Balaban J connectivity index is 1.77. The fourth-order valence-electron chi connectivity index (χ4n) is 3.34. The lowest BCUT2D eigenvalue weighted by molar-refractivity contribution is -0.123. The van der Waals surface area contributed by atoms with Crippen LogP contribution in [-0.2, 0) is 9.53 Å². The van der Waals surface area contributed by atoms with Gasteiger partial charge in [0.15, 0.2) is 0 Å². The lowest BCUT2D eigenvalue weighted by Crippen LogP contribution is -2.49. The molecule has 1 unspecified atom stereocenters. The molecule has 4 nitrogen and oxygen atoms in total. The SMILES string of the molecule is CCC1CCC(C#N)(NC(=O)CCC2CCCO2)CC1. The molecule has 0 spiro atoms. The highest BCUT2D eigenvalue weighted by Crippen LogP contribution is 2.33. The largest absolute Gasteiger partial charge is 0.378 e. The Kier molecular flexibility index (Phi) is 5.42. The molecule has 20 heavy (non-hydrogen) atoms. The van der Waals surface area contributed by atoms with E-state index in [1.54, 1.807) is 0 Å². The van der Waals surface area contributed by atoms with Gasteiger partial charge in [-0.2, -0.15) is 5.26 Å². The molecular weight excluding hydrogens is 252 g/mol. The minimum Gasteiger partial charge on any atom is -0.378 e. The maximum absolute atomic E-state index is 12.1. The fraction of sp³-hybridized carbons (Fsp3) is 0.875. The van der Waals surface area contributed by atoms with Crippen molar-refractivity contribution in [1.29, 1.82) is 5.26 Å². The van der Waals surface area contributed by atoms with E-state index >= 15 is 0 Å². The predicted octanol–water partition coefficient (Wildman–Crippen LogP) is 2.92. The molecule has 0 bridgehead atoms. The van der Waals surface area contributed by atoms with Crippen LogP contribution in [0, 0.1) is 17.2 Å². The Labute approximate surface area is 121 Å². The summed E-state index contributed by atoms with van der Waals surface area (Å²) in [4.78, 5) is 12.1. The molecule has 2 fully saturated rings. The highest BCUT2D eigenvalue weighted by atomic mass is 16.5. The van der Waals surface area contributed by atoms with Crippen molar-refractivity contribution >= 4 is 5.91 Å². The van der Waals surface area contributed by atoms with Crippen LogP contribution < -0.4 is 5.32 Å². The number of carbonyl (C=O) groups is 1. The van der Waals surface area contributed by atoms with E-state index in [9.17, 15) is 10.1 Å². The van der Waals surface area contributed by atoms with Gasteiger partial charge in [0.1, 0.15) is 5.54 Å². The molecule has 0 aromatic carbocycles. The number of rotatable bonds is 5. The van der Waals surface area contributed by atoms with Gasteiger partial charge in [0.05, 0.1) is 12.2 Å². The molecule has 4 heteroatoms. The first-order valence-corrected chi connectivity index (χ1v) is 8.01. The second-order valence-corrected chi connectivity index (χ2v) is 6.27. The Bertz CT molecular complexity index is 361. The van der Waals surface area contributed by atoms with E-state index in [-0.39, 0.29) is 12.0 Å². The predicted molar refractivity (Wildman–Crippen MR) is 76.9 cm³/mol. The molecule has 1 aliphatic carbocycles. The summed E-state index contributed by atoms with van der Waals surface area (Å²) in [6.45, 7) is 3.02. The Morgan fingerprint density at radius 1 is 1.40 bits per heavy atom. The average molecular weight is 278 g/mol. The minimum atomic E-state index is -0.612. The smallest absolute Gasteiger partial charge is 0.221 e. The van der Waals surface area contributed by atoms with Gasteiger partial charge in [-0.25, -0.2) is 0 Å². The van der Waals surface area contributed by atoms with E-state index in [1.165, 1.54) is 6.42 Å². The first kappa shape index (κ1) is 15.3. The van der Waals surface area contributed by atoms with Crippen molar-refractivity contribution < 1.29 is 9.53 Å². The lowest BCUT2D eigenvalue weighted by atomic mass is 9.76. The van der Waals surface area contributed by atoms with Gasteiger partial charge >= 0.3 is 0 Å². The van der Waals surface area contributed by atoms with Crippen LogP contribution in [0.3, 0.4) is 0 Å². The van der Waals surface area contributed by atoms with Gasteiger partial charge in [0.2, 0.25) is 5.91 Å². The van der Waals surface area contributed by atoms with Crippen molar-refractivity contribution in [3.05, 3.63) is 0 Å². The van der Waals surface area contributed by atoms with Gasteiger partial charge in [-0.15, -0.1) is 0 Å². The third kappa shape index (κ3) is 3.96. The molecule has 1 heterocycles. The van der Waals surface area contributed by atoms with E-state index in [4.69, 9.17) is 4.74 Å². The number of amides is 1. The van der Waals surface area contributed by atoms with Gasteiger partial charge in [-0.3, -0.25) is 4.79 Å². The van der Waals surface area contributed by atoms with E-state index in [1.807, 2.05) is 0 Å². The van der Waals surface area contributed by atoms with Crippen LogP contribution in [0.1, 0.15) is 64.7 Å². The van der Waals surface area contributed by atoms with Crippen molar-refractivity contribution in [2.24, 2.45) is 5.92 Å². The zero-order valence-corrected chi connectivity index (χ0v) is 12.5. The quantitative estimate of drug-likeness (QED) is 0.841. The normalized spacial score (nSPS) is 33.6. The van der Waals surface area contributed by atoms with Crippen molar-refractivity contribution in [3.8, 4) is 6.07 Å². The topological polar surface area (TPSA) is 62.1 Å². The zero-order valence-electron chi connectivity index (χ0n) is 12.5. The van der Waals surface area contributed by atoms with E-state index in [0.717, 1.165) is 57.5 Å². The van der Waals surface area contributed by atoms with Crippen molar-refractivity contribution in [2.75, 3.05) is 6.61 Å². The maximum atomic E-state index is 12.1. The molecule has 2 aliphatic rings. The highest BCUT2D eigenvalue weighted by Gasteiger charge is 2.36. The van der Waals surface area contributed by atoms with Gasteiger partial charge in [0.25, 0.3) is 0 Å². The summed E-state index contributed by atoms with van der Waals surface area (Å²) >= 11 is 0. The number of carbonyl (C=O) groups excluding carboxylic acids is 1. The second kappa shape index (κ2) is 7.08. The molecule has 1 amide bonds. The zero-order chi connectivity index (χ0) is 14.4. The van der Waals surface area contributed by atoms with Crippen molar-refractivity contribution in [2.45, 2.75) is 76.4 Å². The molecule has 112 valence electrons. The third-order valence-corrected chi connectivity index (χ3v) is 4.85. The average Bonchev–Trinajstić information content (AvgIpc) is 2.99. The van der Waals surface area contributed by atoms with Crippen molar-refractivity contribution in [3.63, 3.8) is 0 Å². The van der Waals surface area contributed by atoms with Crippen LogP contribution in [0.2, 0.25) is 0 Å². The lowest BCUT2D eigenvalue weighted by Gasteiger charge is -2.35. The molecule has 0 radical (unpaired) electrons. The summed E-state index contributed by atoms with van der Waals surface area (Å²) in [6.07, 6.45) is 8.55. The van der Waals surface area contributed by atoms with Gasteiger partial charge < -0.3 is 10.1 Å². The minimum absolute atomic E-state index is 0.0111. The maximum Gasteiger partial charge on any atom is 0.221 e. The van der Waals surface area contributed by atoms with Gasteiger partial charge in [0, 0.05) is 13.0 Å². The number of nitrogens with one attached hydrogen (secondary N) is 1. The number of ether oxygens (including phenoxy) is 1. The molecule has 1 saturated carbocycles. The number of hydrogen-bond donors (Lipinski definition) is 1. The summed E-state index contributed by atoms with van der Waals surface area (Å²) in [6, 6.07) is 2.36. The molecular formula is C16H26N2O2. The first-order valence-electron chi connectivity index (χ1n) is 8.01. The number of nitrogens with zero attached hydrogens (tertiary/aromatic N) is 1. The van der Waals surface area contributed by atoms with E-state index < -0.39 is 5.54 Å². The second-order valence-electron chi connectivity index (χ2n) is 6.27. The van der Waals surface area contributed by atoms with Gasteiger partial charge in [-0.05, 0) is 50.9 Å².